The number of alkyl halides is 3. The third-order valence-electron chi connectivity index (χ3n) is 4.10. The number of fused-ring (bicyclic) bond motifs is 1. The minimum Gasteiger partial charge on any atom is -0.508 e. The van der Waals surface area contributed by atoms with Crippen molar-refractivity contribution in [1.82, 2.24) is 15.5 Å². The van der Waals surface area contributed by atoms with E-state index in [0.717, 1.165) is 12.1 Å². The number of carbonyl (C=O) groups excluding carboxylic acids is 1. The number of carbonyl (C=O) groups is 1. The van der Waals surface area contributed by atoms with Gasteiger partial charge in [-0.25, -0.2) is 0 Å². The van der Waals surface area contributed by atoms with Gasteiger partial charge in [-0.05, 0) is 48.4 Å². The van der Waals surface area contributed by atoms with Gasteiger partial charge in [0, 0.05) is 17.5 Å². The van der Waals surface area contributed by atoms with Crippen LogP contribution in [0.4, 0.5) is 19.0 Å². The fraction of sp³-hybridized carbons (Fsp3) is 0.250. The molecule has 0 atom stereocenters. The van der Waals surface area contributed by atoms with Gasteiger partial charge in [0.2, 0.25) is 5.96 Å². The summed E-state index contributed by atoms with van der Waals surface area (Å²) in [5.74, 6) is 0.101. The zero-order valence-corrected chi connectivity index (χ0v) is 16.2. The lowest BCUT2D eigenvalue weighted by Crippen LogP contribution is -2.36. The number of aromatic hydroxyl groups is 1. The average molecular weight is 419 g/mol. The van der Waals surface area contributed by atoms with Crippen molar-refractivity contribution in [3.8, 4) is 5.75 Å². The fourth-order valence-corrected chi connectivity index (χ4v) is 2.58. The van der Waals surface area contributed by atoms with E-state index in [-0.39, 0.29) is 29.0 Å². The van der Waals surface area contributed by atoms with Crippen molar-refractivity contribution in [3.63, 3.8) is 0 Å². The van der Waals surface area contributed by atoms with E-state index in [4.69, 9.17) is 0 Å². The molecular weight excluding hydrogens is 399 g/mol. The number of phenolic OH excluding ortho intramolecular Hbond substituents is 1. The van der Waals surface area contributed by atoms with Crippen LogP contribution in [0.2, 0.25) is 0 Å². The third-order valence-corrected chi connectivity index (χ3v) is 4.10. The highest BCUT2D eigenvalue weighted by molar-refractivity contribution is 6.11. The van der Waals surface area contributed by atoms with Crippen LogP contribution in [-0.2, 0) is 6.18 Å². The van der Waals surface area contributed by atoms with E-state index in [1.165, 1.54) is 30.3 Å². The number of aromatic amines is 1. The summed E-state index contributed by atoms with van der Waals surface area (Å²) in [6.45, 7) is 4.30. The van der Waals surface area contributed by atoms with E-state index < -0.39 is 17.6 Å². The Morgan fingerprint density at radius 2 is 1.90 bits per heavy atom. The Balaban J connectivity index is 1.85. The van der Waals surface area contributed by atoms with Crippen molar-refractivity contribution in [3.05, 3.63) is 53.6 Å². The second-order valence-corrected chi connectivity index (χ2v) is 7.04. The molecule has 7 nitrogen and oxygen atoms in total. The molecular formula is C20H20F3N5O2. The van der Waals surface area contributed by atoms with E-state index in [1.807, 2.05) is 13.8 Å². The molecule has 1 heterocycles. The summed E-state index contributed by atoms with van der Waals surface area (Å²) >= 11 is 0. The van der Waals surface area contributed by atoms with Gasteiger partial charge in [-0.15, -0.1) is 0 Å². The summed E-state index contributed by atoms with van der Waals surface area (Å²) in [4.78, 5) is 16.8. The standard InChI is InChI=1S/C20H20F3N5O2/c1-11(2)10-24-19(26-18(30)12-3-6-14(29)7-4-12)25-17-15-8-5-13(20(21,22)23)9-16(15)27-28-17/h3-9,11,29H,10H2,1-2H3,(H3,24,25,26,27,28,30). The number of benzene rings is 2. The number of hydrogen-bond acceptors (Lipinski definition) is 4. The maximum atomic E-state index is 12.9. The van der Waals surface area contributed by atoms with Crippen molar-refractivity contribution in [2.24, 2.45) is 10.9 Å². The number of amides is 1. The SMILES string of the molecule is CC(C)CN=C(NC(=O)c1ccc(O)cc1)Nc1n[nH]c2cc(C(F)(F)F)ccc12. The first-order chi connectivity index (χ1) is 14.1. The quantitative estimate of drug-likeness (QED) is 0.377. The normalized spacial score (nSPS) is 12.4. The van der Waals surface area contributed by atoms with Crippen LogP contribution >= 0.6 is 0 Å². The molecule has 158 valence electrons. The molecule has 2 aromatic carbocycles. The van der Waals surface area contributed by atoms with Gasteiger partial charge < -0.3 is 10.4 Å². The van der Waals surface area contributed by atoms with Crippen LogP contribution in [0.1, 0.15) is 29.8 Å². The molecule has 4 N–H and O–H groups in total. The van der Waals surface area contributed by atoms with Gasteiger partial charge in [0.1, 0.15) is 5.75 Å². The zero-order valence-electron chi connectivity index (χ0n) is 16.2. The van der Waals surface area contributed by atoms with E-state index >= 15 is 0 Å². The predicted octanol–water partition coefficient (Wildman–Crippen LogP) is 4.14. The molecule has 0 aliphatic carbocycles. The number of hydrogen-bond donors (Lipinski definition) is 4. The number of guanidine groups is 1. The first-order valence-corrected chi connectivity index (χ1v) is 9.10. The maximum Gasteiger partial charge on any atom is 0.416 e. The molecule has 0 saturated heterocycles. The molecule has 3 rings (SSSR count). The number of H-pyrrole nitrogens is 1. The van der Waals surface area contributed by atoms with E-state index in [0.29, 0.717) is 17.5 Å². The minimum atomic E-state index is -4.46. The Labute approximate surface area is 170 Å². The molecule has 0 fully saturated rings. The van der Waals surface area contributed by atoms with Gasteiger partial charge >= 0.3 is 6.18 Å². The van der Waals surface area contributed by atoms with Gasteiger partial charge in [-0.2, -0.15) is 18.3 Å². The van der Waals surface area contributed by atoms with Crippen LogP contribution in [0.25, 0.3) is 10.9 Å². The van der Waals surface area contributed by atoms with Gasteiger partial charge in [0.25, 0.3) is 5.91 Å². The maximum absolute atomic E-state index is 12.9. The third kappa shape index (κ3) is 5.07. The lowest BCUT2D eigenvalue weighted by Gasteiger charge is -2.11. The lowest BCUT2D eigenvalue weighted by molar-refractivity contribution is -0.137. The Morgan fingerprint density at radius 3 is 2.53 bits per heavy atom. The Hall–Kier alpha value is -3.56. The second kappa shape index (κ2) is 8.44. The van der Waals surface area contributed by atoms with Crippen molar-refractivity contribution in [2.45, 2.75) is 20.0 Å². The molecule has 0 bridgehead atoms. The first-order valence-electron chi connectivity index (χ1n) is 9.10. The summed E-state index contributed by atoms with van der Waals surface area (Å²) in [6, 6.07) is 8.89. The van der Waals surface area contributed by atoms with Crippen molar-refractivity contribution >= 4 is 28.6 Å². The van der Waals surface area contributed by atoms with Crippen molar-refractivity contribution in [1.29, 1.82) is 0 Å². The number of rotatable bonds is 4. The topological polar surface area (TPSA) is 102 Å². The van der Waals surface area contributed by atoms with Crippen LogP contribution in [0, 0.1) is 5.92 Å². The Kier molecular flexibility index (Phi) is 5.95. The lowest BCUT2D eigenvalue weighted by atomic mass is 10.1. The Bertz CT molecular complexity index is 1070. The van der Waals surface area contributed by atoms with Crippen molar-refractivity contribution < 1.29 is 23.1 Å². The molecule has 1 aromatic heterocycles. The molecule has 0 aliphatic heterocycles. The molecule has 1 amide bonds. The number of nitrogens with one attached hydrogen (secondary N) is 3. The van der Waals surface area contributed by atoms with E-state index in [1.54, 1.807) is 0 Å². The predicted molar refractivity (Wildman–Crippen MR) is 107 cm³/mol. The van der Waals surface area contributed by atoms with Crippen LogP contribution in [0.3, 0.4) is 0 Å². The number of aliphatic imine (C=N–C) groups is 1. The molecule has 30 heavy (non-hydrogen) atoms. The van der Waals surface area contributed by atoms with Gasteiger partial charge in [-0.3, -0.25) is 20.2 Å². The van der Waals surface area contributed by atoms with E-state index in [9.17, 15) is 23.1 Å². The summed E-state index contributed by atoms with van der Waals surface area (Å²) in [5, 5.41) is 21.8. The highest BCUT2D eigenvalue weighted by Gasteiger charge is 2.30. The van der Waals surface area contributed by atoms with Gasteiger partial charge in [-0.1, -0.05) is 13.8 Å². The summed E-state index contributed by atoms with van der Waals surface area (Å²) in [7, 11) is 0. The number of phenols is 1. The molecule has 0 spiro atoms. The monoisotopic (exact) mass is 419 g/mol. The summed E-state index contributed by atoms with van der Waals surface area (Å²) in [5.41, 5.74) is -0.298. The van der Waals surface area contributed by atoms with Crippen LogP contribution in [-0.4, -0.2) is 33.7 Å². The second-order valence-electron chi connectivity index (χ2n) is 7.04. The smallest absolute Gasteiger partial charge is 0.416 e. The first kappa shape index (κ1) is 21.2. The zero-order chi connectivity index (χ0) is 21.9. The molecule has 0 aliphatic rings. The number of anilines is 1. The minimum absolute atomic E-state index is 0.0274. The molecule has 10 heteroatoms. The number of halogens is 3. The van der Waals surface area contributed by atoms with Gasteiger partial charge in [0.15, 0.2) is 5.82 Å². The largest absolute Gasteiger partial charge is 0.508 e. The van der Waals surface area contributed by atoms with Crippen LogP contribution in [0.5, 0.6) is 5.75 Å². The number of nitrogens with zero attached hydrogens (tertiary/aromatic N) is 2. The highest BCUT2D eigenvalue weighted by Crippen LogP contribution is 2.32. The summed E-state index contributed by atoms with van der Waals surface area (Å²) in [6.07, 6.45) is -4.46. The average Bonchev–Trinajstić information content (AvgIpc) is 3.08. The molecule has 0 radical (unpaired) electrons. The van der Waals surface area contributed by atoms with Crippen molar-refractivity contribution in [2.75, 3.05) is 11.9 Å². The van der Waals surface area contributed by atoms with E-state index in [2.05, 4.69) is 25.8 Å². The Morgan fingerprint density at radius 1 is 1.20 bits per heavy atom. The molecule has 0 unspecified atom stereocenters. The van der Waals surface area contributed by atoms with Gasteiger partial charge in [0.05, 0.1) is 11.1 Å². The van der Waals surface area contributed by atoms with Crippen LogP contribution < -0.4 is 10.6 Å². The summed E-state index contributed by atoms with van der Waals surface area (Å²) < 4.78 is 38.7. The highest BCUT2D eigenvalue weighted by atomic mass is 19.4. The molecule has 3 aromatic rings. The molecule has 0 saturated carbocycles. The van der Waals surface area contributed by atoms with Crippen LogP contribution in [0.15, 0.2) is 47.5 Å². The fourth-order valence-electron chi connectivity index (χ4n) is 2.58. The number of aromatic nitrogens is 2.